The first-order valence-corrected chi connectivity index (χ1v) is 7.90. The van der Waals surface area contributed by atoms with Gasteiger partial charge in [0.25, 0.3) is 0 Å². The Morgan fingerprint density at radius 3 is 2.77 bits per heavy atom. The van der Waals surface area contributed by atoms with Gasteiger partial charge in [-0.3, -0.25) is 14.4 Å². The summed E-state index contributed by atoms with van der Waals surface area (Å²) in [6.07, 6.45) is 0.0726. The maximum Gasteiger partial charge on any atom is 0.321 e. The Morgan fingerprint density at radius 2 is 2.14 bits per heavy atom. The summed E-state index contributed by atoms with van der Waals surface area (Å²) in [5.41, 5.74) is 7.92. The number of hydrogen-bond donors (Lipinski definition) is 2. The number of carboxylic acids is 1. The van der Waals surface area contributed by atoms with E-state index >= 15 is 0 Å². The van der Waals surface area contributed by atoms with Gasteiger partial charge in [0.15, 0.2) is 0 Å². The van der Waals surface area contributed by atoms with Crippen LogP contribution in [0.2, 0.25) is 0 Å². The maximum absolute atomic E-state index is 12.5. The van der Waals surface area contributed by atoms with Gasteiger partial charge in [-0.25, -0.2) is 4.90 Å². The second kappa shape index (κ2) is 6.50. The molecule has 3 N–H and O–H groups in total. The summed E-state index contributed by atoms with van der Waals surface area (Å²) in [6, 6.07) is 4.43. The molecule has 1 aliphatic heterocycles. The van der Waals surface area contributed by atoms with Crippen LogP contribution in [0.1, 0.15) is 17.5 Å². The zero-order valence-electron chi connectivity index (χ0n) is 12.4. The van der Waals surface area contributed by atoms with Crippen LogP contribution in [0.4, 0.5) is 5.69 Å². The fourth-order valence-electron chi connectivity index (χ4n) is 2.26. The van der Waals surface area contributed by atoms with Crippen LogP contribution < -0.4 is 10.6 Å². The lowest BCUT2D eigenvalue weighted by Crippen LogP contribution is -2.35. The summed E-state index contributed by atoms with van der Waals surface area (Å²) in [7, 11) is 0. The Bertz CT molecular complexity index is 632. The lowest BCUT2D eigenvalue weighted by molar-refractivity contribution is -0.138. The summed E-state index contributed by atoms with van der Waals surface area (Å²) < 4.78 is 0. The van der Waals surface area contributed by atoms with Crippen molar-refractivity contribution in [1.29, 1.82) is 0 Å². The molecule has 2 rings (SSSR count). The van der Waals surface area contributed by atoms with E-state index < -0.39 is 17.3 Å². The third kappa shape index (κ3) is 3.15. The van der Waals surface area contributed by atoms with E-state index in [0.717, 1.165) is 22.9 Å². The number of aryl methyl sites for hydroxylation is 1. The second-order valence-corrected chi connectivity index (χ2v) is 6.49. The van der Waals surface area contributed by atoms with Crippen LogP contribution in [0.3, 0.4) is 0 Å². The fourth-order valence-corrected chi connectivity index (χ4v) is 3.35. The average molecular weight is 322 g/mol. The number of imide groups is 1. The Labute approximate surface area is 132 Å². The molecule has 1 heterocycles. The van der Waals surface area contributed by atoms with E-state index in [-0.39, 0.29) is 24.0 Å². The highest BCUT2D eigenvalue weighted by molar-refractivity contribution is 8.00. The highest BCUT2D eigenvalue weighted by Gasteiger charge is 2.40. The standard InChI is InChI=1S/C15H18N2O4S/c1-8-4-3-5-11(9(8)2)17-13(18)6-12(14(17)19)22-7-10(16)15(20)21/h3-5,10,12H,6-7,16H2,1-2H3,(H,20,21)/t10-,12+/m1/s1. The van der Waals surface area contributed by atoms with Crippen molar-refractivity contribution in [2.75, 3.05) is 10.7 Å². The number of benzene rings is 1. The summed E-state index contributed by atoms with van der Waals surface area (Å²) >= 11 is 1.12. The van der Waals surface area contributed by atoms with E-state index in [4.69, 9.17) is 10.8 Å². The average Bonchev–Trinajstić information content (AvgIpc) is 2.74. The number of rotatable bonds is 5. The van der Waals surface area contributed by atoms with E-state index in [1.165, 1.54) is 4.90 Å². The van der Waals surface area contributed by atoms with E-state index in [2.05, 4.69) is 0 Å². The van der Waals surface area contributed by atoms with Crippen molar-refractivity contribution in [3.05, 3.63) is 29.3 Å². The SMILES string of the molecule is Cc1cccc(N2C(=O)C[C@H](SC[C@@H](N)C(=O)O)C2=O)c1C. The van der Waals surface area contributed by atoms with Crippen LogP contribution in [0.15, 0.2) is 18.2 Å². The van der Waals surface area contributed by atoms with Gasteiger partial charge in [-0.15, -0.1) is 11.8 Å². The topological polar surface area (TPSA) is 101 Å². The normalized spacial score (nSPS) is 19.6. The minimum absolute atomic E-state index is 0.0726. The lowest BCUT2D eigenvalue weighted by atomic mass is 10.1. The van der Waals surface area contributed by atoms with Crippen LogP contribution in [0.5, 0.6) is 0 Å². The van der Waals surface area contributed by atoms with Crippen LogP contribution in [-0.2, 0) is 14.4 Å². The quantitative estimate of drug-likeness (QED) is 0.787. The molecule has 0 aromatic heterocycles. The number of carboxylic acid groups (broad SMARTS) is 1. The minimum Gasteiger partial charge on any atom is -0.480 e. The molecular weight excluding hydrogens is 304 g/mol. The van der Waals surface area contributed by atoms with Gasteiger partial charge in [0.05, 0.1) is 10.9 Å². The molecule has 0 saturated carbocycles. The predicted molar refractivity (Wildman–Crippen MR) is 84.9 cm³/mol. The number of nitrogens with zero attached hydrogens (tertiary/aromatic N) is 1. The number of aliphatic carboxylic acids is 1. The van der Waals surface area contributed by atoms with Crippen LogP contribution in [0, 0.1) is 13.8 Å². The lowest BCUT2D eigenvalue weighted by Gasteiger charge is -2.18. The number of nitrogens with two attached hydrogens (primary N) is 1. The monoisotopic (exact) mass is 322 g/mol. The van der Waals surface area contributed by atoms with Crippen molar-refractivity contribution in [2.24, 2.45) is 5.73 Å². The zero-order valence-corrected chi connectivity index (χ0v) is 13.2. The summed E-state index contributed by atoms with van der Waals surface area (Å²) in [5.74, 6) is -1.59. The summed E-state index contributed by atoms with van der Waals surface area (Å²) in [5, 5.41) is 8.20. The smallest absolute Gasteiger partial charge is 0.321 e. The molecular formula is C15H18N2O4S. The molecule has 2 atom stereocenters. The van der Waals surface area contributed by atoms with Gasteiger partial charge in [-0.1, -0.05) is 12.1 Å². The van der Waals surface area contributed by atoms with Gasteiger partial charge < -0.3 is 10.8 Å². The van der Waals surface area contributed by atoms with E-state index in [9.17, 15) is 14.4 Å². The van der Waals surface area contributed by atoms with Crippen molar-refractivity contribution in [3.63, 3.8) is 0 Å². The van der Waals surface area contributed by atoms with Crippen molar-refractivity contribution in [3.8, 4) is 0 Å². The number of carbonyl (C=O) groups is 3. The Kier molecular flexibility index (Phi) is 4.87. The molecule has 1 aromatic carbocycles. The first-order valence-electron chi connectivity index (χ1n) is 6.86. The van der Waals surface area contributed by atoms with Crippen LogP contribution in [-0.4, -0.2) is 39.9 Å². The van der Waals surface area contributed by atoms with Crippen molar-refractivity contribution in [2.45, 2.75) is 31.6 Å². The molecule has 7 heteroatoms. The molecule has 1 aliphatic rings. The van der Waals surface area contributed by atoms with Crippen LogP contribution >= 0.6 is 11.8 Å². The number of amides is 2. The molecule has 0 radical (unpaired) electrons. The molecule has 0 unspecified atom stereocenters. The number of carbonyl (C=O) groups excluding carboxylic acids is 2. The molecule has 22 heavy (non-hydrogen) atoms. The third-order valence-electron chi connectivity index (χ3n) is 3.72. The first-order chi connectivity index (χ1) is 10.3. The highest BCUT2D eigenvalue weighted by atomic mass is 32.2. The summed E-state index contributed by atoms with van der Waals surface area (Å²) in [6.45, 7) is 3.79. The predicted octanol–water partition coefficient (Wildman–Crippen LogP) is 1.08. The fraction of sp³-hybridized carbons (Fsp3) is 0.400. The van der Waals surface area contributed by atoms with Crippen molar-refractivity contribution < 1.29 is 19.5 Å². The van der Waals surface area contributed by atoms with Crippen molar-refractivity contribution in [1.82, 2.24) is 0 Å². The van der Waals surface area contributed by atoms with Gasteiger partial charge in [-0.2, -0.15) is 0 Å². The first kappa shape index (κ1) is 16.5. The van der Waals surface area contributed by atoms with E-state index in [0.29, 0.717) is 5.69 Å². The van der Waals surface area contributed by atoms with Crippen molar-refractivity contribution >= 4 is 35.2 Å². The number of hydrogen-bond acceptors (Lipinski definition) is 5. The molecule has 0 bridgehead atoms. The second-order valence-electron chi connectivity index (χ2n) is 5.26. The van der Waals surface area contributed by atoms with Gasteiger partial charge in [0.2, 0.25) is 11.8 Å². The van der Waals surface area contributed by atoms with E-state index in [1.807, 2.05) is 19.9 Å². The number of thioether (sulfide) groups is 1. The molecule has 6 nitrogen and oxygen atoms in total. The minimum atomic E-state index is -1.12. The highest BCUT2D eigenvalue weighted by Crippen LogP contribution is 2.32. The molecule has 1 aromatic rings. The zero-order chi connectivity index (χ0) is 16.4. The van der Waals surface area contributed by atoms with E-state index in [1.54, 1.807) is 12.1 Å². The molecule has 1 saturated heterocycles. The molecule has 2 amide bonds. The van der Waals surface area contributed by atoms with Gasteiger partial charge in [0, 0.05) is 12.2 Å². The Morgan fingerprint density at radius 1 is 1.45 bits per heavy atom. The molecule has 0 aliphatic carbocycles. The van der Waals surface area contributed by atoms with Gasteiger partial charge in [0.1, 0.15) is 6.04 Å². The van der Waals surface area contributed by atoms with Gasteiger partial charge in [-0.05, 0) is 31.0 Å². The van der Waals surface area contributed by atoms with Gasteiger partial charge >= 0.3 is 5.97 Å². The number of anilines is 1. The molecule has 0 spiro atoms. The maximum atomic E-state index is 12.5. The molecule has 1 fully saturated rings. The molecule has 118 valence electrons. The summed E-state index contributed by atoms with van der Waals surface area (Å²) in [4.78, 5) is 36.6. The Balaban J connectivity index is 2.15. The van der Waals surface area contributed by atoms with Crippen LogP contribution in [0.25, 0.3) is 0 Å². The Hall–Kier alpha value is -1.86. The third-order valence-corrected chi connectivity index (χ3v) is 5.04. The largest absolute Gasteiger partial charge is 0.480 e.